The summed E-state index contributed by atoms with van der Waals surface area (Å²) < 4.78 is 48.0. The van der Waals surface area contributed by atoms with Gasteiger partial charge in [-0.25, -0.2) is 4.39 Å². The van der Waals surface area contributed by atoms with E-state index in [0.29, 0.717) is 59.0 Å². The molecule has 0 aromatic heterocycles. The third-order valence-corrected chi connectivity index (χ3v) is 7.26. The molecule has 5 rings (SSSR count). The summed E-state index contributed by atoms with van der Waals surface area (Å²) >= 11 is 0. The fourth-order valence-corrected chi connectivity index (χ4v) is 5.03. The van der Waals surface area contributed by atoms with Crippen LogP contribution in [0.3, 0.4) is 0 Å². The van der Waals surface area contributed by atoms with Crippen LogP contribution in [-0.4, -0.2) is 64.2 Å². The second-order valence-electron chi connectivity index (χ2n) is 9.98. The fourth-order valence-electron chi connectivity index (χ4n) is 5.03. The zero-order valence-corrected chi connectivity index (χ0v) is 24.1. The topological polar surface area (TPSA) is 88.1 Å². The number of fused-ring (bicyclic) bond motifs is 2. The van der Waals surface area contributed by atoms with E-state index >= 15 is 0 Å². The number of methoxy groups -OCH3 is 3. The Labute approximate surface area is 244 Å². The number of carbonyl (C=O) groups excluding carboxylic acids is 1. The maximum Gasteiger partial charge on any atom is 0.256 e. The van der Waals surface area contributed by atoms with Gasteiger partial charge in [-0.1, -0.05) is 0 Å². The molecule has 2 aliphatic heterocycles. The van der Waals surface area contributed by atoms with E-state index in [0.717, 1.165) is 38.6 Å². The molecule has 1 atom stereocenters. The number of hydrogen-bond acceptors (Lipinski definition) is 8. The average molecular weight is 579 g/mol. The van der Waals surface area contributed by atoms with Gasteiger partial charge in [0.05, 0.1) is 51.8 Å². The van der Waals surface area contributed by atoms with E-state index in [-0.39, 0.29) is 17.7 Å². The average Bonchev–Trinajstić information content (AvgIpc) is 3.44. The molecule has 2 aliphatic rings. The Morgan fingerprint density at radius 1 is 0.810 bits per heavy atom. The third kappa shape index (κ3) is 6.53. The third-order valence-electron chi connectivity index (χ3n) is 7.26. The van der Waals surface area contributed by atoms with Gasteiger partial charge in [0.15, 0.2) is 34.6 Å². The van der Waals surface area contributed by atoms with Crippen molar-refractivity contribution in [3.63, 3.8) is 0 Å². The van der Waals surface area contributed by atoms with Gasteiger partial charge in [0.25, 0.3) is 5.91 Å². The SMILES string of the molecule is COc1ccc(Oc2ccc(OCCCCCOc3cc4c(cc3OC)C(=O)N3CCC[C@H]3C=N4)cc2F)cc1OC. The van der Waals surface area contributed by atoms with E-state index in [1.165, 1.54) is 19.2 Å². The van der Waals surface area contributed by atoms with Gasteiger partial charge in [-0.05, 0) is 62.4 Å². The van der Waals surface area contributed by atoms with Crippen LogP contribution in [-0.2, 0) is 0 Å². The number of hydrogen-bond donors (Lipinski definition) is 0. The first kappa shape index (κ1) is 29.0. The lowest BCUT2D eigenvalue weighted by Crippen LogP contribution is -2.35. The summed E-state index contributed by atoms with van der Waals surface area (Å²) in [7, 11) is 4.63. The number of nitrogens with zero attached hydrogens (tertiary/aromatic N) is 2. The van der Waals surface area contributed by atoms with Crippen molar-refractivity contribution in [2.45, 2.75) is 38.1 Å². The molecule has 0 spiro atoms. The van der Waals surface area contributed by atoms with Crippen LogP contribution in [0.1, 0.15) is 42.5 Å². The second kappa shape index (κ2) is 13.5. The lowest BCUT2D eigenvalue weighted by molar-refractivity contribution is 0.0774. The monoisotopic (exact) mass is 578 g/mol. The van der Waals surface area contributed by atoms with Crippen molar-refractivity contribution in [2.75, 3.05) is 41.1 Å². The number of ether oxygens (including phenoxy) is 6. The maximum atomic E-state index is 14.7. The van der Waals surface area contributed by atoms with Gasteiger partial charge in [-0.2, -0.15) is 0 Å². The van der Waals surface area contributed by atoms with Gasteiger partial charge in [0, 0.05) is 31.0 Å². The number of amides is 1. The highest BCUT2D eigenvalue weighted by molar-refractivity contribution is 6.03. The van der Waals surface area contributed by atoms with Crippen LogP contribution in [0.5, 0.6) is 40.2 Å². The Hall–Kier alpha value is -4.47. The van der Waals surface area contributed by atoms with Gasteiger partial charge in [-0.3, -0.25) is 9.79 Å². The Kier molecular flexibility index (Phi) is 9.31. The molecule has 222 valence electrons. The van der Waals surface area contributed by atoms with Crippen molar-refractivity contribution < 1.29 is 37.6 Å². The van der Waals surface area contributed by atoms with Gasteiger partial charge >= 0.3 is 0 Å². The van der Waals surface area contributed by atoms with Crippen molar-refractivity contribution in [2.24, 2.45) is 4.99 Å². The summed E-state index contributed by atoms with van der Waals surface area (Å²) in [5.41, 5.74) is 1.14. The summed E-state index contributed by atoms with van der Waals surface area (Å²) in [4.78, 5) is 19.5. The Morgan fingerprint density at radius 3 is 2.29 bits per heavy atom. The summed E-state index contributed by atoms with van der Waals surface area (Å²) in [5, 5.41) is 0. The summed E-state index contributed by atoms with van der Waals surface area (Å²) in [6.45, 7) is 1.65. The molecule has 1 saturated heterocycles. The second-order valence-corrected chi connectivity index (χ2v) is 9.98. The quantitative estimate of drug-likeness (QED) is 0.211. The van der Waals surface area contributed by atoms with E-state index < -0.39 is 5.82 Å². The molecule has 3 aromatic rings. The Bertz CT molecular complexity index is 1440. The molecule has 0 bridgehead atoms. The molecule has 2 heterocycles. The molecule has 9 nitrogen and oxygen atoms in total. The molecule has 0 N–H and O–H groups in total. The predicted octanol–water partition coefficient (Wildman–Crippen LogP) is 6.59. The van der Waals surface area contributed by atoms with Crippen LogP contribution in [0.15, 0.2) is 53.5 Å². The maximum absolute atomic E-state index is 14.7. The summed E-state index contributed by atoms with van der Waals surface area (Å²) in [5.74, 6) is 2.50. The molecule has 0 aliphatic carbocycles. The molecule has 1 amide bonds. The van der Waals surface area contributed by atoms with Crippen LogP contribution in [0.25, 0.3) is 0 Å². The van der Waals surface area contributed by atoms with Crippen molar-refractivity contribution in [1.29, 1.82) is 0 Å². The molecule has 1 fully saturated rings. The molecular weight excluding hydrogens is 543 g/mol. The molecule has 0 saturated carbocycles. The van der Waals surface area contributed by atoms with Crippen molar-refractivity contribution in [1.82, 2.24) is 4.90 Å². The first-order chi connectivity index (χ1) is 20.5. The van der Waals surface area contributed by atoms with Crippen LogP contribution in [0.2, 0.25) is 0 Å². The molecule has 10 heteroatoms. The summed E-state index contributed by atoms with van der Waals surface area (Å²) in [6, 6.07) is 13.1. The normalized spacial score (nSPS) is 15.5. The first-order valence-corrected chi connectivity index (χ1v) is 14.0. The van der Waals surface area contributed by atoms with E-state index in [1.807, 2.05) is 11.1 Å². The fraction of sp³-hybridized carbons (Fsp3) is 0.375. The molecule has 0 unspecified atom stereocenters. The molecule has 42 heavy (non-hydrogen) atoms. The molecule has 0 radical (unpaired) electrons. The Morgan fingerprint density at radius 2 is 1.52 bits per heavy atom. The first-order valence-electron chi connectivity index (χ1n) is 14.0. The minimum atomic E-state index is -0.531. The van der Waals surface area contributed by atoms with Gasteiger partial charge in [0.2, 0.25) is 0 Å². The lowest BCUT2D eigenvalue weighted by atomic mass is 10.1. The van der Waals surface area contributed by atoms with Gasteiger partial charge in [-0.15, -0.1) is 0 Å². The Balaban J connectivity index is 1.07. The van der Waals surface area contributed by atoms with Crippen LogP contribution >= 0.6 is 0 Å². The van der Waals surface area contributed by atoms with Crippen molar-refractivity contribution >= 4 is 17.8 Å². The number of unbranched alkanes of at least 4 members (excludes halogenated alkanes) is 2. The minimum absolute atomic E-state index is 0.0187. The van der Waals surface area contributed by atoms with Crippen molar-refractivity contribution in [3.8, 4) is 40.2 Å². The van der Waals surface area contributed by atoms with Crippen LogP contribution in [0, 0.1) is 5.82 Å². The lowest BCUT2D eigenvalue weighted by Gasteiger charge is -2.20. The number of rotatable bonds is 13. The number of halogens is 1. The van der Waals surface area contributed by atoms with Gasteiger partial charge < -0.3 is 33.3 Å². The smallest absolute Gasteiger partial charge is 0.256 e. The van der Waals surface area contributed by atoms with E-state index in [2.05, 4.69) is 4.99 Å². The minimum Gasteiger partial charge on any atom is -0.493 e. The molecular formula is C32H35FN2O7. The highest BCUT2D eigenvalue weighted by Gasteiger charge is 2.32. The number of benzene rings is 3. The molecule has 3 aromatic carbocycles. The zero-order valence-electron chi connectivity index (χ0n) is 24.1. The van der Waals surface area contributed by atoms with Crippen LogP contribution < -0.4 is 28.4 Å². The van der Waals surface area contributed by atoms with E-state index in [9.17, 15) is 9.18 Å². The van der Waals surface area contributed by atoms with Gasteiger partial charge in [0.1, 0.15) is 11.5 Å². The highest BCUT2D eigenvalue weighted by atomic mass is 19.1. The predicted molar refractivity (Wildman–Crippen MR) is 156 cm³/mol. The van der Waals surface area contributed by atoms with Crippen molar-refractivity contribution in [3.05, 3.63) is 59.9 Å². The number of carbonyl (C=O) groups is 1. The zero-order chi connectivity index (χ0) is 29.5. The van der Waals surface area contributed by atoms with E-state index in [4.69, 9.17) is 28.4 Å². The van der Waals surface area contributed by atoms with Crippen LogP contribution in [0.4, 0.5) is 10.1 Å². The standard InChI is InChI=1S/C32H35FN2O7/c1-37-28-12-10-23(17-29(28)38-2)42-27-11-9-22(16-25(27)33)40-14-5-4-6-15-41-31-19-26-24(18-30(31)39-3)32(36)35-13-7-8-21(35)20-34-26/h9-12,16-21H,4-8,13-15H2,1-3H3/t21-/m0/s1. The highest BCUT2D eigenvalue weighted by Crippen LogP contribution is 2.38. The summed E-state index contributed by atoms with van der Waals surface area (Å²) in [6.07, 6.45) is 6.19. The number of aliphatic imine (C=N–C) groups is 1. The largest absolute Gasteiger partial charge is 0.493 e. The van der Waals surface area contributed by atoms with E-state index in [1.54, 1.807) is 50.6 Å².